The highest BCUT2D eigenvalue weighted by atomic mass is 79.9. The number of hydrogen-bond donors (Lipinski definition) is 1. The number of fused-ring (bicyclic) bond motifs is 1. The van der Waals surface area contributed by atoms with Crippen LogP contribution in [0.2, 0.25) is 0 Å². The van der Waals surface area contributed by atoms with Crippen LogP contribution in [-0.4, -0.2) is 15.1 Å². The Morgan fingerprint density at radius 3 is 2.75 bits per heavy atom. The lowest BCUT2D eigenvalue weighted by Crippen LogP contribution is -1.93. The smallest absolute Gasteiger partial charge is 0.271 e. The quantitative estimate of drug-likeness (QED) is 0.567. The molecule has 2 aromatic carbocycles. The molecule has 3 rings (SSSR count). The number of H-pyrrole nitrogens is 1. The molecule has 1 N–H and O–H groups in total. The topological polar surface area (TPSA) is 71.8 Å². The first kappa shape index (κ1) is 12.7. The fourth-order valence-corrected chi connectivity index (χ4v) is 2.71. The Labute approximate surface area is 120 Å². The average Bonchev–Trinajstić information content (AvgIpc) is 2.90. The predicted molar refractivity (Wildman–Crippen MR) is 75.8 cm³/mol. The van der Waals surface area contributed by atoms with Gasteiger partial charge in [-0.1, -0.05) is 18.2 Å². The first-order chi connectivity index (χ1) is 9.59. The molecule has 100 valence electrons. The Bertz CT molecular complexity index is 832. The monoisotopic (exact) mass is 335 g/mol. The van der Waals surface area contributed by atoms with Gasteiger partial charge in [-0.15, -0.1) is 0 Å². The molecule has 0 bridgehead atoms. The van der Waals surface area contributed by atoms with E-state index in [0.29, 0.717) is 26.5 Å². The molecule has 0 saturated carbocycles. The van der Waals surface area contributed by atoms with E-state index < -0.39 is 10.7 Å². The molecule has 20 heavy (non-hydrogen) atoms. The van der Waals surface area contributed by atoms with E-state index in [2.05, 4.69) is 26.1 Å². The summed E-state index contributed by atoms with van der Waals surface area (Å²) in [5, 5.41) is 18.1. The number of aromatic nitrogens is 2. The number of hydrogen-bond acceptors (Lipinski definition) is 3. The number of nitro groups is 1. The summed E-state index contributed by atoms with van der Waals surface area (Å²) in [5.74, 6) is -0.439. The van der Waals surface area contributed by atoms with Crippen molar-refractivity contribution in [3.05, 3.63) is 56.9 Å². The maximum atomic E-state index is 13.9. The zero-order valence-electron chi connectivity index (χ0n) is 9.93. The predicted octanol–water partition coefficient (Wildman–Crippen LogP) is 4.04. The van der Waals surface area contributed by atoms with Crippen LogP contribution in [-0.2, 0) is 0 Å². The first-order valence-electron chi connectivity index (χ1n) is 5.64. The van der Waals surface area contributed by atoms with Crippen molar-refractivity contribution in [3.8, 4) is 11.1 Å². The summed E-state index contributed by atoms with van der Waals surface area (Å²) >= 11 is 3.37. The highest BCUT2D eigenvalue weighted by Gasteiger charge is 2.21. The minimum atomic E-state index is -0.517. The number of nitrogens with one attached hydrogen (secondary N) is 1. The Balaban J connectivity index is 2.40. The van der Waals surface area contributed by atoms with Gasteiger partial charge in [-0.05, 0) is 22.0 Å². The largest absolute Gasteiger partial charge is 0.295 e. The van der Waals surface area contributed by atoms with Crippen LogP contribution in [0.5, 0.6) is 0 Å². The van der Waals surface area contributed by atoms with Crippen molar-refractivity contribution < 1.29 is 9.31 Å². The van der Waals surface area contributed by atoms with Gasteiger partial charge < -0.3 is 0 Å². The average molecular weight is 336 g/mol. The van der Waals surface area contributed by atoms with Crippen LogP contribution in [0.15, 0.2) is 41.0 Å². The van der Waals surface area contributed by atoms with Crippen molar-refractivity contribution in [2.45, 2.75) is 0 Å². The number of rotatable bonds is 2. The van der Waals surface area contributed by atoms with E-state index in [1.54, 1.807) is 18.2 Å². The summed E-state index contributed by atoms with van der Waals surface area (Å²) in [6.07, 6.45) is 1.47. The fourth-order valence-electron chi connectivity index (χ4n) is 2.08. The van der Waals surface area contributed by atoms with Crippen molar-refractivity contribution in [2.75, 3.05) is 0 Å². The molecule has 0 saturated heterocycles. The van der Waals surface area contributed by atoms with E-state index >= 15 is 0 Å². The molecule has 0 spiro atoms. The summed E-state index contributed by atoms with van der Waals surface area (Å²) in [6.45, 7) is 0. The van der Waals surface area contributed by atoms with Crippen LogP contribution >= 0.6 is 15.9 Å². The first-order valence-corrected chi connectivity index (χ1v) is 6.43. The van der Waals surface area contributed by atoms with Crippen LogP contribution < -0.4 is 0 Å². The molecule has 0 amide bonds. The van der Waals surface area contributed by atoms with E-state index in [1.165, 1.54) is 18.3 Å². The number of nitrogens with zero attached hydrogens (tertiary/aromatic N) is 2. The molecule has 0 aliphatic carbocycles. The number of aromatic amines is 1. The van der Waals surface area contributed by atoms with Gasteiger partial charge in [0, 0.05) is 27.1 Å². The Kier molecular flexibility index (Phi) is 2.98. The minimum absolute atomic E-state index is 0.140. The molecule has 7 heteroatoms. The second kappa shape index (κ2) is 4.68. The Morgan fingerprint density at radius 1 is 1.30 bits per heavy atom. The van der Waals surface area contributed by atoms with E-state index in [1.807, 2.05) is 0 Å². The standard InChI is InChI=1S/C13H7BrFN3O2/c14-12-8(7-3-1-2-4-10(7)15)5-11(18(19)20)13-9(12)6-16-17-13/h1-6H,(H,16,17). The number of non-ortho nitro benzene ring substituents is 1. The van der Waals surface area contributed by atoms with Crippen LogP contribution in [0.25, 0.3) is 22.0 Å². The van der Waals surface area contributed by atoms with Crippen molar-refractivity contribution in [3.63, 3.8) is 0 Å². The van der Waals surface area contributed by atoms with Crippen LogP contribution in [0.3, 0.4) is 0 Å². The summed E-state index contributed by atoms with van der Waals surface area (Å²) in [7, 11) is 0. The van der Waals surface area contributed by atoms with Gasteiger partial charge in [-0.25, -0.2) is 4.39 Å². The van der Waals surface area contributed by atoms with Gasteiger partial charge >= 0.3 is 0 Å². The number of benzene rings is 2. The molecule has 1 heterocycles. The van der Waals surface area contributed by atoms with Crippen molar-refractivity contribution in [2.24, 2.45) is 0 Å². The SMILES string of the molecule is O=[N+]([O-])c1cc(-c2ccccc2F)c(Br)c2cn[nH]c12. The van der Waals surface area contributed by atoms with Crippen LogP contribution in [0.1, 0.15) is 0 Å². The lowest BCUT2D eigenvalue weighted by atomic mass is 10.0. The van der Waals surface area contributed by atoms with Gasteiger partial charge in [0.25, 0.3) is 5.69 Å². The number of halogens is 2. The lowest BCUT2D eigenvalue weighted by molar-refractivity contribution is -0.383. The van der Waals surface area contributed by atoms with Crippen molar-refractivity contribution in [1.29, 1.82) is 0 Å². The van der Waals surface area contributed by atoms with E-state index in [0.717, 1.165) is 0 Å². The molecule has 0 radical (unpaired) electrons. The van der Waals surface area contributed by atoms with Gasteiger partial charge in [0.1, 0.15) is 11.3 Å². The van der Waals surface area contributed by atoms with E-state index in [-0.39, 0.29) is 5.69 Å². The minimum Gasteiger partial charge on any atom is -0.271 e. The zero-order valence-corrected chi connectivity index (χ0v) is 11.5. The molecule has 0 unspecified atom stereocenters. The third-order valence-corrected chi connectivity index (χ3v) is 3.86. The fraction of sp³-hybridized carbons (Fsp3) is 0. The summed E-state index contributed by atoms with van der Waals surface area (Å²) in [6, 6.07) is 7.47. The number of nitro benzene ring substituents is 1. The lowest BCUT2D eigenvalue weighted by Gasteiger charge is -2.07. The molecule has 0 aliphatic heterocycles. The van der Waals surface area contributed by atoms with Gasteiger partial charge in [0.05, 0.1) is 11.1 Å². The Hall–Kier alpha value is -2.28. The molecule has 0 fully saturated rings. The zero-order chi connectivity index (χ0) is 14.3. The molecule has 0 atom stereocenters. The maximum absolute atomic E-state index is 13.9. The van der Waals surface area contributed by atoms with Crippen molar-refractivity contribution in [1.82, 2.24) is 10.2 Å². The summed E-state index contributed by atoms with van der Waals surface area (Å²) in [4.78, 5) is 10.6. The van der Waals surface area contributed by atoms with Crippen LogP contribution in [0.4, 0.5) is 10.1 Å². The highest BCUT2D eigenvalue weighted by Crippen LogP contribution is 2.39. The third-order valence-electron chi connectivity index (χ3n) is 3.01. The maximum Gasteiger partial charge on any atom is 0.295 e. The highest BCUT2D eigenvalue weighted by molar-refractivity contribution is 9.10. The van der Waals surface area contributed by atoms with Gasteiger partial charge in [-0.2, -0.15) is 5.10 Å². The van der Waals surface area contributed by atoms with Gasteiger partial charge in [-0.3, -0.25) is 15.2 Å². The molecule has 5 nitrogen and oxygen atoms in total. The van der Waals surface area contributed by atoms with E-state index in [4.69, 9.17) is 0 Å². The molecular weight excluding hydrogens is 329 g/mol. The molecule has 0 aliphatic rings. The third kappa shape index (κ3) is 1.87. The summed E-state index contributed by atoms with van der Waals surface area (Å²) in [5.41, 5.74) is 0.884. The molecule has 3 aromatic rings. The Morgan fingerprint density at radius 2 is 2.05 bits per heavy atom. The van der Waals surface area contributed by atoms with E-state index in [9.17, 15) is 14.5 Å². The summed E-state index contributed by atoms with van der Waals surface area (Å²) < 4.78 is 14.5. The van der Waals surface area contributed by atoms with Gasteiger partial charge in [0.2, 0.25) is 0 Å². The van der Waals surface area contributed by atoms with Gasteiger partial charge in [0.15, 0.2) is 0 Å². The van der Waals surface area contributed by atoms with Crippen molar-refractivity contribution >= 4 is 32.5 Å². The normalized spacial score (nSPS) is 10.9. The molecular formula is C13H7BrFN3O2. The second-order valence-electron chi connectivity index (χ2n) is 4.15. The van der Waals surface area contributed by atoms with Crippen LogP contribution in [0, 0.1) is 15.9 Å². The molecule has 1 aromatic heterocycles. The second-order valence-corrected chi connectivity index (χ2v) is 4.95.